The smallest absolute Gasteiger partial charge is 0.414 e. The first kappa shape index (κ1) is 23.1. The van der Waals surface area contributed by atoms with E-state index in [1.807, 2.05) is 0 Å². The molecule has 0 unspecified atom stereocenters. The number of carboxylic acids is 1. The van der Waals surface area contributed by atoms with Crippen LogP contribution in [0.4, 0.5) is 4.79 Å². The summed E-state index contributed by atoms with van der Waals surface area (Å²) >= 11 is 0. The number of ether oxygens (including phenoxy) is 3. The van der Waals surface area contributed by atoms with Crippen LogP contribution in [0.15, 0.2) is 11.1 Å². The molecule has 2 N–H and O–H groups in total. The van der Waals surface area contributed by atoms with E-state index in [1.54, 1.807) is 14.2 Å². The molecule has 0 aliphatic rings. The minimum atomic E-state index is -1.03. The van der Waals surface area contributed by atoms with Crippen molar-refractivity contribution in [2.24, 2.45) is 4.99 Å². The minimum absolute atomic E-state index is 0.444. The van der Waals surface area contributed by atoms with Crippen molar-refractivity contribution in [2.75, 3.05) is 40.5 Å². The molecule has 0 heterocycles. The Kier molecular flexibility index (Phi) is 17.9. The van der Waals surface area contributed by atoms with Gasteiger partial charge in [-0.2, -0.15) is 0 Å². The summed E-state index contributed by atoms with van der Waals surface area (Å²) in [4.78, 5) is 34.4. The van der Waals surface area contributed by atoms with Crippen LogP contribution in [0.5, 0.6) is 0 Å². The summed E-state index contributed by atoms with van der Waals surface area (Å²) in [5, 5.41) is 10.5. The zero-order valence-electron chi connectivity index (χ0n) is 13.7. The van der Waals surface area contributed by atoms with E-state index in [9.17, 15) is 14.4 Å². The number of aliphatic imine (C=N–C) groups is 1. The van der Waals surface area contributed by atoms with Crippen molar-refractivity contribution in [1.29, 1.82) is 0 Å². The molecular weight excluding hydrogens is 308 g/mol. The molecule has 0 aromatic rings. The van der Waals surface area contributed by atoms with E-state index in [2.05, 4.69) is 20.9 Å². The van der Waals surface area contributed by atoms with Gasteiger partial charge in [0, 0.05) is 40.9 Å². The van der Waals surface area contributed by atoms with E-state index >= 15 is 0 Å². The molecule has 1 amide bonds. The summed E-state index contributed by atoms with van der Waals surface area (Å²) in [6.45, 7) is 3.38. The van der Waals surface area contributed by atoms with Crippen molar-refractivity contribution in [2.45, 2.75) is 19.8 Å². The Bertz CT molecular complexity index is 404. The van der Waals surface area contributed by atoms with Gasteiger partial charge in [-0.15, -0.1) is 0 Å². The van der Waals surface area contributed by atoms with Crippen LogP contribution in [0.3, 0.4) is 0 Å². The minimum Gasteiger partial charge on any atom is -0.478 e. The standard InChI is InChI=1S/C7H13NO4.C7H11NO3/c1-6(9)12-7(10)8-4-3-5-11-2;1-11-6-2-4-8-5-3-7(9)10/h3-5H2,1-2H3,(H,8,10);3H,2,4,6H2,1H3,(H,9,10). The number of carbonyl (C=O) groups excluding carboxylic acids is 2. The Morgan fingerprint density at radius 2 is 1.78 bits per heavy atom. The number of hydrogen-bond donors (Lipinski definition) is 2. The van der Waals surface area contributed by atoms with Gasteiger partial charge in [0.05, 0.1) is 12.6 Å². The third-order valence-corrected chi connectivity index (χ3v) is 1.93. The van der Waals surface area contributed by atoms with Crippen molar-refractivity contribution in [3.05, 3.63) is 6.08 Å². The van der Waals surface area contributed by atoms with Gasteiger partial charge in [0.1, 0.15) is 0 Å². The van der Waals surface area contributed by atoms with E-state index in [1.165, 1.54) is 6.92 Å². The number of hydrogen-bond acceptors (Lipinski definition) is 7. The van der Waals surface area contributed by atoms with Gasteiger partial charge in [0.25, 0.3) is 0 Å². The third kappa shape index (κ3) is 25.1. The fourth-order valence-electron chi connectivity index (χ4n) is 1.03. The molecule has 0 radical (unpaired) electrons. The summed E-state index contributed by atoms with van der Waals surface area (Å²) in [5.74, 6) is 0.649. The lowest BCUT2D eigenvalue weighted by Gasteiger charge is -2.02. The SMILES string of the molecule is COCCCN=C=CC(=O)O.COCCCNC(=O)OC(C)=O. The van der Waals surface area contributed by atoms with Crippen LogP contribution >= 0.6 is 0 Å². The molecule has 0 fully saturated rings. The van der Waals surface area contributed by atoms with Gasteiger partial charge in [0.15, 0.2) is 0 Å². The molecule has 9 nitrogen and oxygen atoms in total. The van der Waals surface area contributed by atoms with Crippen LogP contribution in [-0.4, -0.2) is 69.5 Å². The summed E-state index contributed by atoms with van der Waals surface area (Å²) in [5.41, 5.74) is 0. The van der Waals surface area contributed by atoms with Crippen molar-refractivity contribution >= 4 is 23.9 Å². The highest BCUT2D eigenvalue weighted by molar-refractivity contribution is 5.89. The summed E-state index contributed by atoms with van der Waals surface area (Å²) in [7, 11) is 3.19. The average molecular weight is 332 g/mol. The second kappa shape index (κ2) is 17.8. The van der Waals surface area contributed by atoms with Crippen LogP contribution in [0.2, 0.25) is 0 Å². The Morgan fingerprint density at radius 1 is 1.17 bits per heavy atom. The molecule has 132 valence electrons. The molecule has 9 heteroatoms. The molecule has 0 spiro atoms. The fraction of sp³-hybridized carbons (Fsp3) is 0.643. The number of nitrogens with zero attached hydrogens (tertiary/aromatic N) is 1. The molecule has 0 aromatic heterocycles. The first-order valence-corrected chi connectivity index (χ1v) is 6.86. The van der Waals surface area contributed by atoms with Gasteiger partial charge in [-0.05, 0) is 18.7 Å². The van der Waals surface area contributed by atoms with E-state index in [4.69, 9.17) is 14.6 Å². The quantitative estimate of drug-likeness (QED) is 0.209. The highest BCUT2D eigenvalue weighted by Gasteiger charge is 2.02. The number of alkyl carbamates (subject to hydrolysis) is 1. The molecule has 0 aliphatic carbocycles. The van der Waals surface area contributed by atoms with Crippen molar-refractivity contribution < 1.29 is 33.7 Å². The Morgan fingerprint density at radius 3 is 2.30 bits per heavy atom. The van der Waals surface area contributed by atoms with E-state index in [0.29, 0.717) is 32.7 Å². The second-order valence-corrected chi connectivity index (χ2v) is 3.99. The van der Waals surface area contributed by atoms with E-state index in [0.717, 1.165) is 12.5 Å². The maximum atomic E-state index is 10.6. The zero-order valence-corrected chi connectivity index (χ0v) is 13.7. The number of rotatable bonds is 9. The number of carboxylic acid groups (broad SMARTS) is 1. The predicted molar refractivity (Wildman–Crippen MR) is 82.7 cm³/mol. The fourth-order valence-corrected chi connectivity index (χ4v) is 1.03. The lowest BCUT2D eigenvalue weighted by molar-refractivity contribution is -0.135. The molecule has 0 saturated carbocycles. The normalized spacial score (nSPS) is 8.83. The van der Waals surface area contributed by atoms with Crippen molar-refractivity contribution in [3.63, 3.8) is 0 Å². The number of methoxy groups -OCH3 is 2. The largest absolute Gasteiger partial charge is 0.478 e. The zero-order chi connectivity index (χ0) is 17.9. The number of esters is 1. The van der Waals surface area contributed by atoms with Gasteiger partial charge in [0.2, 0.25) is 0 Å². The van der Waals surface area contributed by atoms with E-state index in [-0.39, 0.29) is 0 Å². The molecule has 23 heavy (non-hydrogen) atoms. The van der Waals surface area contributed by atoms with Gasteiger partial charge in [-0.3, -0.25) is 4.79 Å². The average Bonchev–Trinajstić information content (AvgIpc) is 2.47. The lowest BCUT2D eigenvalue weighted by Crippen LogP contribution is -2.27. The van der Waals surface area contributed by atoms with Gasteiger partial charge < -0.3 is 24.6 Å². The molecular formula is C14H24N2O7. The van der Waals surface area contributed by atoms with Crippen molar-refractivity contribution in [3.8, 4) is 0 Å². The first-order valence-electron chi connectivity index (χ1n) is 6.86. The maximum absolute atomic E-state index is 10.6. The molecule has 0 aromatic carbocycles. The predicted octanol–water partition coefficient (Wildman–Crippen LogP) is 0.629. The molecule has 0 aliphatic heterocycles. The molecule has 0 atom stereocenters. The van der Waals surface area contributed by atoms with Crippen LogP contribution in [0, 0.1) is 0 Å². The molecule has 0 rings (SSSR count). The van der Waals surface area contributed by atoms with Gasteiger partial charge >= 0.3 is 18.0 Å². The van der Waals surface area contributed by atoms with Gasteiger partial charge in [-0.25, -0.2) is 14.6 Å². The summed E-state index contributed by atoms with van der Waals surface area (Å²) < 4.78 is 13.7. The van der Waals surface area contributed by atoms with E-state index < -0.39 is 18.0 Å². The number of nitrogens with one attached hydrogen (secondary N) is 1. The Labute approximate surface area is 135 Å². The van der Waals surface area contributed by atoms with Crippen LogP contribution in [0.25, 0.3) is 0 Å². The van der Waals surface area contributed by atoms with Crippen LogP contribution in [-0.2, 0) is 23.8 Å². The van der Waals surface area contributed by atoms with Crippen LogP contribution < -0.4 is 5.32 Å². The summed E-state index contributed by atoms with van der Waals surface area (Å²) in [6.07, 6.45) is 1.66. The highest BCUT2D eigenvalue weighted by atomic mass is 16.6. The monoisotopic (exact) mass is 332 g/mol. The molecule has 0 saturated heterocycles. The topological polar surface area (TPSA) is 124 Å². The Hall–Kier alpha value is -2.22. The Balaban J connectivity index is 0. The van der Waals surface area contributed by atoms with Gasteiger partial charge in [-0.1, -0.05) is 0 Å². The maximum Gasteiger partial charge on any atom is 0.414 e. The lowest BCUT2D eigenvalue weighted by atomic mass is 10.4. The summed E-state index contributed by atoms with van der Waals surface area (Å²) in [6, 6.07) is 0. The van der Waals surface area contributed by atoms with Crippen LogP contribution in [0.1, 0.15) is 19.8 Å². The number of aliphatic carboxylic acids is 1. The number of carbonyl (C=O) groups is 3. The number of amides is 1. The highest BCUT2D eigenvalue weighted by Crippen LogP contribution is 1.81. The first-order chi connectivity index (χ1) is 10.9. The van der Waals surface area contributed by atoms with Crippen molar-refractivity contribution in [1.82, 2.24) is 5.32 Å². The third-order valence-electron chi connectivity index (χ3n) is 1.93. The second-order valence-electron chi connectivity index (χ2n) is 3.99. The molecule has 0 bridgehead atoms.